The number of hydrogen-bond donors (Lipinski definition) is 0. The standard InChI is InChI=1S/C10H17NO/c12-10(11-6-7-11)8-9-4-2-1-3-5-9/h9H,1-8H2. The van der Waals surface area contributed by atoms with Crippen LogP contribution in [0.1, 0.15) is 38.5 Å². The zero-order valence-corrected chi connectivity index (χ0v) is 7.59. The third-order valence-electron chi connectivity index (χ3n) is 2.99. The lowest BCUT2D eigenvalue weighted by Crippen LogP contribution is -2.17. The number of amides is 1. The van der Waals surface area contributed by atoms with Gasteiger partial charge in [-0.3, -0.25) is 4.79 Å². The molecule has 68 valence electrons. The van der Waals surface area contributed by atoms with E-state index >= 15 is 0 Å². The zero-order valence-electron chi connectivity index (χ0n) is 7.59. The molecule has 2 heteroatoms. The maximum atomic E-state index is 11.4. The highest BCUT2D eigenvalue weighted by molar-refractivity contribution is 5.78. The topological polar surface area (TPSA) is 20.1 Å². The monoisotopic (exact) mass is 167 g/mol. The fraction of sp³-hybridized carbons (Fsp3) is 0.900. The minimum Gasteiger partial charge on any atom is -0.339 e. The quantitative estimate of drug-likeness (QED) is 0.574. The molecule has 0 unspecified atom stereocenters. The van der Waals surface area contributed by atoms with Gasteiger partial charge >= 0.3 is 0 Å². The highest BCUT2D eigenvalue weighted by Crippen LogP contribution is 2.27. The molecule has 0 atom stereocenters. The van der Waals surface area contributed by atoms with Gasteiger partial charge in [-0.1, -0.05) is 19.3 Å². The Morgan fingerprint density at radius 2 is 1.83 bits per heavy atom. The van der Waals surface area contributed by atoms with Crippen molar-refractivity contribution >= 4 is 5.91 Å². The summed E-state index contributed by atoms with van der Waals surface area (Å²) in [5, 5.41) is 0. The molecule has 0 N–H and O–H groups in total. The third kappa shape index (κ3) is 1.99. The largest absolute Gasteiger partial charge is 0.339 e. The lowest BCUT2D eigenvalue weighted by atomic mass is 9.87. The Balaban J connectivity index is 1.73. The molecule has 12 heavy (non-hydrogen) atoms. The molecule has 2 aliphatic rings. The van der Waals surface area contributed by atoms with Crippen LogP contribution in [-0.4, -0.2) is 23.9 Å². The predicted molar refractivity (Wildman–Crippen MR) is 47.8 cm³/mol. The molecule has 0 spiro atoms. The van der Waals surface area contributed by atoms with Gasteiger partial charge in [0.05, 0.1) is 0 Å². The van der Waals surface area contributed by atoms with E-state index in [0.717, 1.165) is 19.5 Å². The molecule has 0 aromatic heterocycles. The van der Waals surface area contributed by atoms with Crippen LogP contribution in [0.25, 0.3) is 0 Å². The normalized spacial score (nSPS) is 24.2. The maximum Gasteiger partial charge on any atom is 0.222 e. The zero-order chi connectivity index (χ0) is 8.39. The van der Waals surface area contributed by atoms with Crippen LogP contribution in [0.15, 0.2) is 0 Å². The number of carbonyl (C=O) groups is 1. The van der Waals surface area contributed by atoms with Gasteiger partial charge < -0.3 is 4.90 Å². The highest BCUT2D eigenvalue weighted by atomic mass is 16.2. The summed E-state index contributed by atoms with van der Waals surface area (Å²) in [5.41, 5.74) is 0. The summed E-state index contributed by atoms with van der Waals surface area (Å²) in [6, 6.07) is 0. The number of hydrogen-bond acceptors (Lipinski definition) is 1. The van der Waals surface area contributed by atoms with E-state index in [9.17, 15) is 4.79 Å². The van der Waals surface area contributed by atoms with Crippen molar-refractivity contribution in [3.8, 4) is 0 Å². The fourth-order valence-electron chi connectivity index (χ4n) is 2.07. The van der Waals surface area contributed by atoms with Crippen LogP contribution in [0.2, 0.25) is 0 Å². The molecule has 2 nitrogen and oxygen atoms in total. The van der Waals surface area contributed by atoms with Crippen LogP contribution >= 0.6 is 0 Å². The Morgan fingerprint density at radius 1 is 1.17 bits per heavy atom. The van der Waals surface area contributed by atoms with Crippen LogP contribution in [0.3, 0.4) is 0 Å². The first-order valence-electron chi connectivity index (χ1n) is 5.14. The summed E-state index contributed by atoms with van der Waals surface area (Å²) < 4.78 is 0. The van der Waals surface area contributed by atoms with E-state index in [1.807, 2.05) is 4.90 Å². The fourth-order valence-corrected chi connectivity index (χ4v) is 2.07. The van der Waals surface area contributed by atoms with Gasteiger partial charge in [-0.15, -0.1) is 0 Å². The summed E-state index contributed by atoms with van der Waals surface area (Å²) >= 11 is 0. The first-order chi connectivity index (χ1) is 5.86. The molecule has 0 bridgehead atoms. The molecule has 1 heterocycles. The smallest absolute Gasteiger partial charge is 0.222 e. The van der Waals surface area contributed by atoms with Crippen LogP contribution in [0, 0.1) is 5.92 Å². The van der Waals surface area contributed by atoms with Crippen molar-refractivity contribution in [1.29, 1.82) is 0 Å². The minimum absolute atomic E-state index is 0.405. The Bertz CT molecular complexity index is 169. The van der Waals surface area contributed by atoms with E-state index in [4.69, 9.17) is 0 Å². The predicted octanol–water partition coefficient (Wildman–Crippen LogP) is 1.80. The first kappa shape index (κ1) is 8.09. The highest BCUT2D eigenvalue weighted by Gasteiger charge is 2.26. The first-order valence-corrected chi connectivity index (χ1v) is 5.14. The van der Waals surface area contributed by atoms with Gasteiger partial charge in [0.25, 0.3) is 0 Å². The molecule has 1 amide bonds. The molecule has 1 saturated heterocycles. The second-order valence-electron chi connectivity index (χ2n) is 4.09. The molecule has 1 aliphatic carbocycles. The summed E-state index contributed by atoms with van der Waals surface area (Å²) in [7, 11) is 0. The molecule has 2 rings (SSSR count). The van der Waals surface area contributed by atoms with Gasteiger partial charge in [-0.2, -0.15) is 0 Å². The van der Waals surface area contributed by atoms with Gasteiger partial charge in [0.15, 0.2) is 0 Å². The van der Waals surface area contributed by atoms with Crippen molar-refractivity contribution in [3.05, 3.63) is 0 Å². The van der Waals surface area contributed by atoms with Crippen molar-refractivity contribution < 1.29 is 4.79 Å². The molecular weight excluding hydrogens is 150 g/mol. The number of rotatable bonds is 2. The molecule has 0 radical (unpaired) electrons. The van der Waals surface area contributed by atoms with Crippen molar-refractivity contribution in [2.75, 3.05) is 13.1 Å². The molecule has 1 aliphatic heterocycles. The van der Waals surface area contributed by atoms with E-state index in [2.05, 4.69) is 0 Å². The third-order valence-corrected chi connectivity index (χ3v) is 2.99. The van der Waals surface area contributed by atoms with E-state index in [0.29, 0.717) is 11.8 Å². The Kier molecular flexibility index (Phi) is 2.33. The lowest BCUT2D eigenvalue weighted by Gasteiger charge is -2.20. The van der Waals surface area contributed by atoms with Crippen molar-refractivity contribution in [3.63, 3.8) is 0 Å². The molecule has 0 aromatic rings. The summed E-state index contributed by atoms with van der Waals surface area (Å²) in [4.78, 5) is 13.4. The average molecular weight is 167 g/mol. The van der Waals surface area contributed by atoms with Gasteiger partial charge in [0.2, 0.25) is 5.91 Å². The Morgan fingerprint density at radius 3 is 2.42 bits per heavy atom. The summed E-state index contributed by atoms with van der Waals surface area (Å²) in [5.74, 6) is 1.12. The second kappa shape index (κ2) is 3.46. The van der Waals surface area contributed by atoms with E-state index in [1.165, 1.54) is 32.1 Å². The van der Waals surface area contributed by atoms with E-state index in [-0.39, 0.29) is 0 Å². The van der Waals surface area contributed by atoms with Crippen LogP contribution in [-0.2, 0) is 4.79 Å². The number of carbonyl (C=O) groups excluding carboxylic acids is 1. The molecule has 2 fully saturated rings. The molecule has 0 aromatic carbocycles. The summed E-state index contributed by atoms with van der Waals surface area (Å²) in [6.45, 7) is 2.04. The van der Waals surface area contributed by atoms with E-state index < -0.39 is 0 Å². The van der Waals surface area contributed by atoms with Crippen molar-refractivity contribution in [1.82, 2.24) is 4.90 Å². The van der Waals surface area contributed by atoms with E-state index in [1.54, 1.807) is 0 Å². The second-order valence-corrected chi connectivity index (χ2v) is 4.09. The van der Waals surface area contributed by atoms with Gasteiger partial charge in [0, 0.05) is 19.5 Å². The van der Waals surface area contributed by atoms with Gasteiger partial charge in [-0.25, -0.2) is 0 Å². The van der Waals surface area contributed by atoms with Crippen molar-refractivity contribution in [2.45, 2.75) is 38.5 Å². The van der Waals surface area contributed by atoms with Gasteiger partial charge in [0.1, 0.15) is 0 Å². The van der Waals surface area contributed by atoms with Crippen molar-refractivity contribution in [2.24, 2.45) is 5.92 Å². The Labute approximate surface area is 73.9 Å². The maximum absolute atomic E-state index is 11.4. The number of nitrogens with zero attached hydrogens (tertiary/aromatic N) is 1. The average Bonchev–Trinajstić information content (AvgIpc) is 2.88. The summed E-state index contributed by atoms with van der Waals surface area (Å²) in [6.07, 6.45) is 7.49. The lowest BCUT2D eigenvalue weighted by molar-refractivity contribution is -0.126. The Hall–Kier alpha value is -0.530. The van der Waals surface area contributed by atoms with Crippen LogP contribution in [0.4, 0.5) is 0 Å². The SMILES string of the molecule is O=C(CC1CCCCC1)N1CC1. The minimum atomic E-state index is 0.405. The van der Waals surface area contributed by atoms with Crippen LogP contribution < -0.4 is 0 Å². The van der Waals surface area contributed by atoms with Gasteiger partial charge in [-0.05, 0) is 18.8 Å². The van der Waals surface area contributed by atoms with Crippen LogP contribution in [0.5, 0.6) is 0 Å². The molecule has 1 saturated carbocycles. The molecular formula is C10H17NO.